The van der Waals surface area contributed by atoms with E-state index in [0.717, 1.165) is 4.88 Å². The number of hydrazine groups is 1. The minimum atomic E-state index is -0.0521. The summed E-state index contributed by atoms with van der Waals surface area (Å²) in [6, 6.07) is 5.80. The molecule has 0 saturated heterocycles. The van der Waals surface area contributed by atoms with Crippen molar-refractivity contribution in [2.45, 2.75) is 26.4 Å². The lowest BCUT2D eigenvalue weighted by molar-refractivity contribution is 0.0693. The maximum absolute atomic E-state index is 12.7. The van der Waals surface area contributed by atoms with Crippen LogP contribution >= 0.6 is 11.3 Å². The number of hydrogen-bond acceptors (Lipinski definition) is 5. The van der Waals surface area contributed by atoms with E-state index in [4.69, 9.17) is 5.84 Å². The van der Waals surface area contributed by atoms with E-state index in [1.807, 2.05) is 36.3 Å². The third-order valence-electron chi connectivity index (χ3n) is 3.00. The van der Waals surface area contributed by atoms with E-state index in [1.165, 1.54) is 0 Å². The molecule has 0 spiro atoms. The Kier molecular flexibility index (Phi) is 4.70. The Bertz CT molecular complexity index is 568. The van der Waals surface area contributed by atoms with E-state index >= 15 is 0 Å². The molecule has 0 atom stereocenters. The van der Waals surface area contributed by atoms with Gasteiger partial charge in [-0.15, -0.1) is 11.3 Å². The van der Waals surface area contributed by atoms with E-state index < -0.39 is 0 Å². The average molecular weight is 290 g/mol. The fourth-order valence-corrected chi connectivity index (χ4v) is 2.61. The van der Waals surface area contributed by atoms with Crippen molar-refractivity contribution in [1.82, 2.24) is 9.88 Å². The largest absolute Gasteiger partial charge is 0.331 e. The molecule has 0 radical (unpaired) electrons. The average Bonchev–Trinajstić information content (AvgIpc) is 2.96. The number of anilines is 1. The molecule has 0 bridgehead atoms. The van der Waals surface area contributed by atoms with Crippen LogP contribution in [0.5, 0.6) is 0 Å². The van der Waals surface area contributed by atoms with Gasteiger partial charge in [0.1, 0.15) is 0 Å². The second-order valence-corrected chi connectivity index (χ2v) is 5.70. The van der Waals surface area contributed by atoms with Crippen LogP contribution in [0.15, 0.2) is 36.0 Å². The summed E-state index contributed by atoms with van der Waals surface area (Å²) in [5, 5.41) is 2.01. The Morgan fingerprint density at radius 2 is 2.30 bits per heavy atom. The predicted octanol–water partition coefficient (Wildman–Crippen LogP) is 2.48. The zero-order valence-electron chi connectivity index (χ0n) is 11.5. The Hall–Kier alpha value is -1.92. The molecule has 2 heterocycles. The highest BCUT2D eigenvalue weighted by molar-refractivity contribution is 7.09. The van der Waals surface area contributed by atoms with Crippen LogP contribution < -0.4 is 11.3 Å². The number of nitrogens with zero attached hydrogens (tertiary/aromatic N) is 2. The summed E-state index contributed by atoms with van der Waals surface area (Å²) >= 11 is 1.64. The van der Waals surface area contributed by atoms with Gasteiger partial charge in [-0.3, -0.25) is 15.6 Å². The SMILES string of the molecule is CC(C)N(Cc1cccs1)C(=O)c1ccncc1NN. The summed E-state index contributed by atoms with van der Waals surface area (Å²) in [6.07, 6.45) is 3.15. The third kappa shape index (κ3) is 3.15. The van der Waals surface area contributed by atoms with Gasteiger partial charge < -0.3 is 10.3 Å². The van der Waals surface area contributed by atoms with Gasteiger partial charge in [-0.1, -0.05) is 6.07 Å². The Morgan fingerprint density at radius 1 is 1.50 bits per heavy atom. The lowest BCUT2D eigenvalue weighted by Crippen LogP contribution is -2.36. The van der Waals surface area contributed by atoms with Gasteiger partial charge in [-0.05, 0) is 31.4 Å². The predicted molar refractivity (Wildman–Crippen MR) is 81.4 cm³/mol. The van der Waals surface area contributed by atoms with Crippen LogP contribution in [0.1, 0.15) is 29.1 Å². The molecule has 0 fully saturated rings. The van der Waals surface area contributed by atoms with Crippen molar-refractivity contribution >= 4 is 22.9 Å². The molecule has 0 aliphatic carbocycles. The maximum atomic E-state index is 12.7. The number of carbonyl (C=O) groups excluding carboxylic acids is 1. The van der Waals surface area contributed by atoms with Crippen LogP contribution in [0.2, 0.25) is 0 Å². The quantitative estimate of drug-likeness (QED) is 0.655. The molecule has 20 heavy (non-hydrogen) atoms. The minimum absolute atomic E-state index is 0.0521. The van der Waals surface area contributed by atoms with Crippen molar-refractivity contribution in [3.05, 3.63) is 46.4 Å². The number of hydrogen-bond donors (Lipinski definition) is 2. The van der Waals surface area contributed by atoms with Gasteiger partial charge in [0.2, 0.25) is 0 Å². The number of amides is 1. The second kappa shape index (κ2) is 6.49. The molecule has 0 unspecified atom stereocenters. The van der Waals surface area contributed by atoms with E-state index in [1.54, 1.807) is 29.8 Å². The third-order valence-corrected chi connectivity index (χ3v) is 3.86. The van der Waals surface area contributed by atoms with Crippen molar-refractivity contribution in [2.24, 2.45) is 5.84 Å². The van der Waals surface area contributed by atoms with Crippen LogP contribution in [-0.2, 0) is 6.54 Å². The van der Waals surface area contributed by atoms with Crippen molar-refractivity contribution in [1.29, 1.82) is 0 Å². The topological polar surface area (TPSA) is 71.2 Å². The summed E-state index contributed by atoms with van der Waals surface area (Å²) in [5.41, 5.74) is 3.59. The zero-order valence-corrected chi connectivity index (χ0v) is 12.4. The van der Waals surface area contributed by atoms with Gasteiger partial charge in [-0.25, -0.2) is 0 Å². The summed E-state index contributed by atoms with van der Waals surface area (Å²) in [4.78, 5) is 19.6. The number of nitrogen functional groups attached to an aromatic ring is 1. The minimum Gasteiger partial charge on any atom is -0.331 e. The van der Waals surface area contributed by atoms with Gasteiger partial charge in [-0.2, -0.15) is 0 Å². The van der Waals surface area contributed by atoms with Gasteiger partial charge in [0.25, 0.3) is 5.91 Å². The number of rotatable bonds is 5. The molecule has 0 saturated carbocycles. The van der Waals surface area contributed by atoms with Crippen LogP contribution in [0, 0.1) is 0 Å². The highest BCUT2D eigenvalue weighted by Gasteiger charge is 2.21. The first-order valence-corrected chi connectivity index (χ1v) is 7.25. The first-order chi connectivity index (χ1) is 9.63. The molecule has 0 aromatic carbocycles. The van der Waals surface area contributed by atoms with Crippen LogP contribution in [0.3, 0.4) is 0 Å². The smallest absolute Gasteiger partial charge is 0.256 e. The fourth-order valence-electron chi connectivity index (χ4n) is 1.91. The number of thiophene rings is 1. The molecule has 3 N–H and O–H groups in total. The van der Waals surface area contributed by atoms with Gasteiger partial charge in [0.05, 0.1) is 24.0 Å². The van der Waals surface area contributed by atoms with Gasteiger partial charge >= 0.3 is 0 Å². The molecule has 0 aliphatic heterocycles. The molecule has 1 amide bonds. The fraction of sp³-hybridized carbons (Fsp3) is 0.286. The van der Waals surface area contributed by atoms with Crippen LogP contribution in [0.4, 0.5) is 5.69 Å². The molecule has 6 heteroatoms. The highest BCUT2D eigenvalue weighted by atomic mass is 32.1. The van der Waals surface area contributed by atoms with Gasteiger partial charge in [0.15, 0.2) is 0 Å². The normalized spacial score (nSPS) is 10.6. The maximum Gasteiger partial charge on any atom is 0.256 e. The number of pyridine rings is 1. The van der Waals surface area contributed by atoms with E-state index in [9.17, 15) is 4.79 Å². The molecular formula is C14H18N4OS. The number of carbonyl (C=O) groups is 1. The second-order valence-electron chi connectivity index (χ2n) is 4.67. The molecule has 0 aliphatic rings. The van der Waals surface area contributed by atoms with Gasteiger partial charge in [0, 0.05) is 17.1 Å². The van der Waals surface area contributed by atoms with Crippen molar-refractivity contribution in [2.75, 3.05) is 5.43 Å². The summed E-state index contributed by atoms with van der Waals surface area (Å²) in [5.74, 6) is 5.39. The lowest BCUT2D eigenvalue weighted by atomic mass is 10.1. The van der Waals surface area contributed by atoms with Crippen LogP contribution in [0.25, 0.3) is 0 Å². The Labute approximate surface area is 122 Å². The Morgan fingerprint density at radius 3 is 2.90 bits per heavy atom. The summed E-state index contributed by atoms with van der Waals surface area (Å²) in [7, 11) is 0. The first kappa shape index (κ1) is 14.5. The molecule has 2 aromatic rings. The molecule has 2 rings (SSSR count). The summed E-state index contributed by atoms with van der Waals surface area (Å²) < 4.78 is 0. The van der Waals surface area contributed by atoms with Crippen molar-refractivity contribution < 1.29 is 4.79 Å². The molecule has 2 aromatic heterocycles. The van der Waals surface area contributed by atoms with Crippen molar-refractivity contribution in [3.8, 4) is 0 Å². The lowest BCUT2D eigenvalue weighted by Gasteiger charge is -2.27. The standard InChI is InChI=1S/C14H18N4OS/c1-10(2)18(9-11-4-3-7-20-11)14(19)12-5-6-16-8-13(12)17-15/h3-8,10,17H,9,15H2,1-2H3. The zero-order chi connectivity index (χ0) is 14.5. The Balaban J connectivity index is 2.27. The monoisotopic (exact) mass is 290 g/mol. The first-order valence-electron chi connectivity index (χ1n) is 6.37. The number of nitrogens with two attached hydrogens (primary N) is 1. The van der Waals surface area contributed by atoms with Crippen molar-refractivity contribution in [3.63, 3.8) is 0 Å². The number of nitrogens with one attached hydrogen (secondary N) is 1. The van der Waals surface area contributed by atoms with E-state index in [2.05, 4.69) is 10.4 Å². The summed E-state index contributed by atoms with van der Waals surface area (Å²) in [6.45, 7) is 4.60. The van der Waals surface area contributed by atoms with Crippen LogP contribution in [-0.4, -0.2) is 21.8 Å². The molecule has 5 nitrogen and oxygen atoms in total. The molecule has 106 valence electrons. The highest BCUT2D eigenvalue weighted by Crippen LogP contribution is 2.20. The number of aromatic nitrogens is 1. The van der Waals surface area contributed by atoms with E-state index in [0.29, 0.717) is 17.8 Å². The van der Waals surface area contributed by atoms with E-state index in [-0.39, 0.29) is 11.9 Å². The molecular weight excluding hydrogens is 272 g/mol.